The van der Waals surface area contributed by atoms with Crippen LogP contribution in [0, 0.1) is 0 Å². The van der Waals surface area contributed by atoms with Gasteiger partial charge in [0.2, 0.25) is 0 Å². The molecule has 0 amide bonds. The number of carboxylic acids is 1. The van der Waals surface area contributed by atoms with Crippen LogP contribution in [0.4, 0.5) is 0 Å². The number of rotatable bonds is 12. The topological polar surface area (TPSA) is 66.2 Å². The summed E-state index contributed by atoms with van der Waals surface area (Å²) in [7, 11) is 0. The highest BCUT2D eigenvalue weighted by Crippen LogP contribution is 2.11. The highest BCUT2D eigenvalue weighted by Gasteiger charge is 1.93. The predicted octanol–water partition coefficient (Wildman–Crippen LogP) is 2.89. The Bertz CT molecular complexity index is 237. The molecule has 0 heterocycles. The number of carbonyl (C=O) groups excluding carboxylic acids is 1. The van der Waals surface area contributed by atoms with Gasteiger partial charge in [0.25, 0.3) is 0 Å². The fourth-order valence-electron chi connectivity index (χ4n) is 1.97. The van der Waals surface area contributed by atoms with E-state index in [9.17, 15) is 9.90 Å². The Morgan fingerprint density at radius 1 is 0.944 bits per heavy atom. The van der Waals surface area contributed by atoms with Gasteiger partial charge in [0.1, 0.15) is 0 Å². The van der Waals surface area contributed by atoms with Gasteiger partial charge in [-0.1, -0.05) is 70.8 Å². The lowest BCUT2D eigenvalue weighted by Gasteiger charge is -2.03. The van der Waals surface area contributed by atoms with Crippen LogP contribution in [0.5, 0.6) is 0 Å². The normalized spacial score (nSPS) is 11.7. The predicted molar refractivity (Wildman–Crippen MR) is 73.7 cm³/mol. The highest BCUT2D eigenvalue weighted by molar-refractivity contribution is 5.83. The van der Waals surface area contributed by atoms with Crippen LogP contribution in [0.3, 0.4) is 0 Å². The molecule has 0 aliphatic carbocycles. The molecule has 0 saturated carbocycles. The minimum absolute atomic E-state index is 0.133. The molecule has 0 saturated heterocycles. The van der Waals surface area contributed by atoms with Gasteiger partial charge in [0.15, 0.2) is 0 Å². The molecule has 0 aliphatic heterocycles. The van der Waals surface area contributed by atoms with E-state index in [1.165, 1.54) is 51.4 Å². The lowest BCUT2D eigenvalue weighted by molar-refractivity contribution is -0.299. The van der Waals surface area contributed by atoms with Crippen molar-refractivity contribution in [1.82, 2.24) is 0 Å². The van der Waals surface area contributed by atoms with E-state index in [1.807, 2.05) is 0 Å². The number of nitrogens with two attached hydrogens (primary N) is 1. The van der Waals surface area contributed by atoms with E-state index in [2.05, 4.69) is 6.92 Å². The number of hydrogen-bond acceptors (Lipinski definition) is 3. The van der Waals surface area contributed by atoms with Crippen molar-refractivity contribution in [3.8, 4) is 0 Å². The summed E-state index contributed by atoms with van der Waals surface area (Å²) < 4.78 is 0. The van der Waals surface area contributed by atoms with Crippen molar-refractivity contribution in [3.63, 3.8) is 0 Å². The molecule has 3 nitrogen and oxygen atoms in total. The second-order valence-electron chi connectivity index (χ2n) is 4.92. The van der Waals surface area contributed by atoms with Gasteiger partial charge in [-0.25, -0.2) is 0 Å². The summed E-state index contributed by atoms with van der Waals surface area (Å²) in [5.74, 6) is -1.26. The number of hydrogen-bond donors (Lipinski definition) is 1. The van der Waals surface area contributed by atoms with Gasteiger partial charge >= 0.3 is 0 Å². The van der Waals surface area contributed by atoms with E-state index >= 15 is 0 Å². The van der Waals surface area contributed by atoms with Crippen molar-refractivity contribution in [2.75, 3.05) is 0 Å². The zero-order valence-electron chi connectivity index (χ0n) is 11.7. The van der Waals surface area contributed by atoms with E-state index in [0.29, 0.717) is 0 Å². The maximum absolute atomic E-state index is 10.3. The molecule has 0 bridgehead atoms. The molecule has 0 aliphatic rings. The van der Waals surface area contributed by atoms with Crippen molar-refractivity contribution in [2.45, 2.75) is 77.6 Å². The Morgan fingerprint density at radius 2 is 1.39 bits per heavy atom. The number of unbranched alkanes of at least 4 members (excludes halogenated alkanes) is 10. The first kappa shape index (κ1) is 17.0. The van der Waals surface area contributed by atoms with E-state index in [0.717, 1.165) is 19.3 Å². The highest BCUT2D eigenvalue weighted by atomic mass is 16.4. The van der Waals surface area contributed by atoms with Gasteiger partial charge in [0.05, 0.1) is 11.7 Å². The molecule has 18 heavy (non-hydrogen) atoms. The van der Waals surface area contributed by atoms with Gasteiger partial charge in [-0.15, -0.1) is 0 Å². The van der Waals surface area contributed by atoms with Crippen LogP contribution in [0.1, 0.15) is 77.6 Å². The first-order chi connectivity index (χ1) is 8.68. The Hall–Kier alpha value is -0.990. The lowest BCUT2D eigenvalue weighted by Crippen LogP contribution is -2.28. The van der Waals surface area contributed by atoms with Crippen molar-refractivity contribution < 1.29 is 9.90 Å². The molecule has 3 heteroatoms. The van der Waals surface area contributed by atoms with Gasteiger partial charge < -0.3 is 15.6 Å². The summed E-state index contributed by atoms with van der Waals surface area (Å²) in [4.78, 5) is 10.3. The third kappa shape index (κ3) is 11.5. The van der Waals surface area contributed by atoms with Crippen LogP contribution in [-0.4, -0.2) is 5.97 Å². The monoisotopic (exact) mass is 254 g/mol. The minimum atomic E-state index is -1.26. The average Bonchev–Trinajstić information content (AvgIpc) is 2.35. The molecule has 0 unspecified atom stereocenters. The fraction of sp³-hybridized carbons (Fsp3) is 0.800. The first-order valence-electron chi connectivity index (χ1n) is 7.35. The molecule has 2 N–H and O–H groups in total. The van der Waals surface area contributed by atoms with E-state index < -0.39 is 5.97 Å². The van der Waals surface area contributed by atoms with Crippen LogP contribution in [0.15, 0.2) is 11.8 Å². The van der Waals surface area contributed by atoms with Crippen molar-refractivity contribution in [1.29, 1.82) is 0 Å². The number of carboxylic acid groups (broad SMARTS) is 1. The van der Waals surface area contributed by atoms with Gasteiger partial charge in [-0.3, -0.25) is 0 Å². The molecule has 106 valence electrons. The number of allylic oxidation sites excluding steroid dienone is 1. The fourth-order valence-corrected chi connectivity index (χ4v) is 1.97. The van der Waals surface area contributed by atoms with Crippen molar-refractivity contribution >= 4 is 5.97 Å². The van der Waals surface area contributed by atoms with Gasteiger partial charge in [-0.2, -0.15) is 0 Å². The molecule has 0 radical (unpaired) electrons. The maximum Gasteiger partial charge on any atom is 0.0869 e. The summed E-state index contributed by atoms with van der Waals surface area (Å²) in [5, 5.41) is 10.3. The van der Waals surface area contributed by atoms with Crippen molar-refractivity contribution in [3.05, 3.63) is 11.8 Å². The second kappa shape index (κ2) is 12.5. The summed E-state index contributed by atoms with van der Waals surface area (Å²) in [6.45, 7) is 2.24. The zero-order chi connectivity index (χ0) is 13.6. The molecule has 0 aromatic rings. The summed E-state index contributed by atoms with van der Waals surface area (Å²) in [6.07, 6.45) is 15.1. The summed E-state index contributed by atoms with van der Waals surface area (Å²) in [6, 6.07) is 0. The quantitative estimate of drug-likeness (QED) is 0.430. The molecule has 0 rings (SSSR count). The van der Waals surface area contributed by atoms with Crippen LogP contribution in [0.2, 0.25) is 0 Å². The molecule has 0 fully saturated rings. The Morgan fingerprint density at radius 3 is 1.83 bits per heavy atom. The molecule has 0 atom stereocenters. The van der Waals surface area contributed by atoms with Gasteiger partial charge in [0, 0.05) is 0 Å². The average molecular weight is 254 g/mol. The third-order valence-electron chi connectivity index (χ3n) is 3.16. The first-order valence-corrected chi connectivity index (χ1v) is 7.35. The summed E-state index contributed by atoms with van der Waals surface area (Å²) in [5.41, 5.74) is 5.10. The van der Waals surface area contributed by atoms with Crippen molar-refractivity contribution in [2.24, 2.45) is 5.73 Å². The largest absolute Gasteiger partial charge is 0.543 e. The smallest absolute Gasteiger partial charge is 0.0869 e. The van der Waals surface area contributed by atoms with E-state index in [1.54, 1.807) is 6.08 Å². The molecule has 0 aromatic carbocycles. The van der Waals surface area contributed by atoms with Crippen LogP contribution in [-0.2, 0) is 4.79 Å². The van der Waals surface area contributed by atoms with E-state index in [-0.39, 0.29) is 5.70 Å². The Balaban J connectivity index is 3.17. The van der Waals surface area contributed by atoms with Crippen LogP contribution >= 0.6 is 0 Å². The number of aliphatic carboxylic acids is 1. The second-order valence-corrected chi connectivity index (χ2v) is 4.92. The SMILES string of the molecule is CCCCCCCCCCCC/C=C(\N)C(=O)[O-]. The third-order valence-corrected chi connectivity index (χ3v) is 3.16. The van der Waals surface area contributed by atoms with Crippen LogP contribution < -0.4 is 10.8 Å². The Labute approximate surface area is 111 Å². The standard InChI is InChI=1S/C15H29NO2/c1-2-3-4-5-6-7-8-9-10-11-12-13-14(16)15(17)18/h13H,2-12,16H2,1H3,(H,17,18)/p-1/b14-13-. The van der Waals surface area contributed by atoms with E-state index in [4.69, 9.17) is 5.73 Å². The molecule has 0 aromatic heterocycles. The summed E-state index contributed by atoms with van der Waals surface area (Å²) >= 11 is 0. The molecular weight excluding hydrogens is 226 g/mol. The maximum atomic E-state index is 10.3. The Kier molecular flexibility index (Phi) is 11.8. The lowest BCUT2D eigenvalue weighted by atomic mass is 10.1. The number of carbonyl (C=O) groups is 1. The zero-order valence-corrected chi connectivity index (χ0v) is 11.7. The molecule has 0 spiro atoms. The van der Waals surface area contributed by atoms with Crippen LogP contribution in [0.25, 0.3) is 0 Å². The van der Waals surface area contributed by atoms with Gasteiger partial charge in [-0.05, 0) is 12.8 Å². The molecular formula is C15H28NO2-. The minimum Gasteiger partial charge on any atom is -0.543 e.